The van der Waals surface area contributed by atoms with Gasteiger partial charge in [-0.3, -0.25) is 9.59 Å². The molecule has 28 heavy (non-hydrogen) atoms. The lowest BCUT2D eigenvalue weighted by atomic mass is 9.98. The third-order valence-electron chi connectivity index (χ3n) is 5.31. The van der Waals surface area contributed by atoms with Crippen LogP contribution in [0.5, 0.6) is 5.75 Å². The fraction of sp³-hybridized carbons (Fsp3) is 0.652. The molecule has 0 heterocycles. The van der Waals surface area contributed by atoms with Crippen molar-refractivity contribution in [2.24, 2.45) is 11.8 Å². The van der Waals surface area contributed by atoms with E-state index in [1.807, 2.05) is 20.8 Å². The molecule has 0 radical (unpaired) electrons. The van der Waals surface area contributed by atoms with E-state index in [0.717, 1.165) is 56.9 Å². The van der Waals surface area contributed by atoms with Crippen molar-refractivity contribution in [3.63, 3.8) is 0 Å². The Morgan fingerprint density at radius 2 is 1.25 bits per heavy atom. The monoisotopic (exact) mass is 390 g/mol. The molecule has 0 spiro atoms. The summed E-state index contributed by atoms with van der Waals surface area (Å²) in [6.45, 7) is 10.1. The molecule has 2 amide bonds. The quantitative estimate of drug-likeness (QED) is 0.382. The first kappa shape index (κ1) is 24.0. The van der Waals surface area contributed by atoms with Gasteiger partial charge in [-0.15, -0.1) is 0 Å². The molecule has 1 aromatic carbocycles. The molecule has 0 aliphatic carbocycles. The molecule has 1 rings (SSSR count). The van der Waals surface area contributed by atoms with Crippen molar-refractivity contribution in [2.75, 3.05) is 10.6 Å². The molecular weight excluding hydrogens is 352 g/mol. The fourth-order valence-corrected chi connectivity index (χ4v) is 3.38. The lowest BCUT2D eigenvalue weighted by Gasteiger charge is -2.19. The third kappa shape index (κ3) is 7.17. The number of amides is 2. The second kappa shape index (κ2) is 12.4. The number of hydrogen-bond acceptors (Lipinski definition) is 3. The number of phenols is 1. The zero-order chi connectivity index (χ0) is 21.1. The summed E-state index contributed by atoms with van der Waals surface area (Å²) in [5.74, 6) is -0.386. The van der Waals surface area contributed by atoms with Crippen LogP contribution in [-0.2, 0) is 9.59 Å². The lowest BCUT2D eigenvalue weighted by molar-refractivity contribution is -0.120. The van der Waals surface area contributed by atoms with Crippen molar-refractivity contribution in [3.05, 3.63) is 17.7 Å². The molecule has 5 nitrogen and oxygen atoms in total. The minimum atomic E-state index is -0.0806. The Morgan fingerprint density at radius 1 is 0.857 bits per heavy atom. The van der Waals surface area contributed by atoms with Crippen LogP contribution < -0.4 is 10.6 Å². The highest BCUT2D eigenvalue weighted by molar-refractivity contribution is 5.99. The Morgan fingerprint density at radius 3 is 1.57 bits per heavy atom. The molecule has 0 aromatic heterocycles. The molecule has 5 heteroatoms. The van der Waals surface area contributed by atoms with Gasteiger partial charge in [0, 0.05) is 11.8 Å². The van der Waals surface area contributed by atoms with E-state index in [9.17, 15) is 14.7 Å². The van der Waals surface area contributed by atoms with E-state index in [-0.39, 0.29) is 29.4 Å². The maximum atomic E-state index is 12.6. The van der Waals surface area contributed by atoms with E-state index in [2.05, 4.69) is 24.5 Å². The van der Waals surface area contributed by atoms with Crippen molar-refractivity contribution in [2.45, 2.75) is 86.0 Å². The third-order valence-corrected chi connectivity index (χ3v) is 5.31. The number of carbonyl (C=O) groups excluding carboxylic acids is 2. The second-order valence-electron chi connectivity index (χ2n) is 7.68. The first-order valence-electron chi connectivity index (χ1n) is 10.8. The minimum Gasteiger partial charge on any atom is -0.504 e. The van der Waals surface area contributed by atoms with Gasteiger partial charge in [0.2, 0.25) is 11.8 Å². The summed E-state index contributed by atoms with van der Waals surface area (Å²) in [4.78, 5) is 25.2. The summed E-state index contributed by atoms with van der Waals surface area (Å²) in [5, 5.41) is 16.4. The molecule has 2 unspecified atom stereocenters. The van der Waals surface area contributed by atoms with Gasteiger partial charge in [-0.1, -0.05) is 53.4 Å². The van der Waals surface area contributed by atoms with Crippen LogP contribution in [-0.4, -0.2) is 16.9 Å². The number of hydrogen-bond donors (Lipinski definition) is 3. The maximum Gasteiger partial charge on any atom is 0.227 e. The van der Waals surface area contributed by atoms with Crippen LogP contribution in [0.15, 0.2) is 12.1 Å². The minimum absolute atomic E-state index is 0.0728. The molecule has 0 bridgehead atoms. The Kier molecular flexibility index (Phi) is 10.6. The Balaban J connectivity index is 2.95. The zero-order valence-electron chi connectivity index (χ0n) is 18.2. The number of unbranched alkanes of at least 4 members (excludes halogenated alkanes) is 2. The van der Waals surface area contributed by atoms with E-state index in [4.69, 9.17) is 0 Å². The standard InChI is InChI=1S/C23H38N2O3/c1-6-10-12-17(8-3)22(27)24-19-14-16(5)15-20(21(19)26)25-23(28)18(9-4)13-11-7-2/h14-15,17-18,26H,6-13H2,1-5H3,(H,24,27)(H,25,28). The van der Waals surface area contributed by atoms with E-state index >= 15 is 0 Å². The first-order valence-corrected chi connectivity index (χ1v) is 10.8. The van der Waals surface area contributed by atoms with Crippen molar-refractivity contribution < 1.29 is 14.7 Å². The Hall–Kier alpha value is -2.04. The molecular formula is C23H38N2O3. The van der Waals surface area contributed by atoms with Gasteiger partial charge < -0.3 is 15.7 Å². The van der Waals surface area contributed by atoms with Gasteiger partial charge in [0.1, 0.15) is 0 Å². The maximum absolute atomic E-state index is 12.6. The highest BCUT2D eigenvalue weighted by atomic mass is 16.3. The van der Waals surface area contributed by atoms with Gasteiger partial charge >= 0.3 is 0 Å². The van der Waals surface area contributed by atoms with Crippen LogP contribution >= 0.6 is 0 Å². The molecule has 158 valence electrons. The summed E-state index contributed by atoms with van der Waals surface area (Å²) in [5.41, 5.74) is 1.58. The van der Waals surface area contributed by atoms with Gasteiger partial charge in [0.05, 0.1) is 11.4 Å². The van der Waals surface area contributed by atoms with Crippen LogP contribution in [0.25, 0.3) is 0 Å². The van der Waals surface area contributed by atoms with Gasteiger partial charge in [0.15, 0.2) is 5.75 Å². The molecule has 0 aliphatic heterocycles. The first-order chi connectivity index (χ1) is 13.4. The fourth-order valence-electron chi connectivity index (χ4n) is 3.38. The van der Waals surface area contributed by atoms with Gasteiger partial charge in [-0.25, -0.2) is 0 Å². The van der Waals surface area contributed by atoms with Crippen molar-refractivity contribution >= 4 is 23.2 Å². The van der Waals surface area contributed by atoms with Crippen LogP contribution in [0.4, 0.5) is 11.4 Å². The molecule has 3 N–H and O–H groups in total. The van der Waals surface area contributed by atoms with Crippen LogP contribution in [0.3, 0.4) is 0 Å². The van der Waals surface area contributed by atoms with Crippen molar-refractivity contribution in [1.82, 2.24) is 0 Å². The molecule has 2 atom stereocenters. The molecule has 0 aliphatic rings. The Bertz CT molecular complexity index is 592. The number of benzene rings is 1. The number of aryl methyl sites for hydroxylation is 1. The molecule has 1 aromatic rings. The number of aromatic hydroxyl groups is 1. The Labute approximate surface area is 170 Å². The van der Waals surface area contributed by atoms with E-state index in [0.29, 0.717) is 11.4 Å². The second-order valence-corrected chi connectivity index (χ2v) is 7.68. The van der Waals surface area contributed by atoms with E-state index in [1.54, 1.807) is 12.1 Å². The summed E-state index contributed by atoms with van der Waals surface area (Å²) in [6, 6.07) is 3.48. The predicted octanol–water partition coefficient (Wildman–Crippen LogP) is 6.01. The number of anilines is 2. The normalized spacial score (nSPS) is 13.0. The topological polar surface area (TPSA) is 78.4 Å². The zero-order valence-corrected chi connectivity index (χ0v) is 18.2. The average molecular weight is 391 g/mol. The van der Waals surface area contributed by atoms with E-state index in [1.165, 1.54) is 0 Å². The van der Waals surface area contributed by atoms with Gasteiger partial charge in [-0.2, -0.15) is 0 Å². The highest BCUT2D eigenvalue weighted by Crippen LogP contribution is 2.35. The smallest absolute Gasteiger partial charge is 0.227 e. The van der Waals surface area contributed by atoms with Crippen molar-refractivity contribution in [3.8, 4) is 5.75 Å². The number of phenolic OH excluding ortho intramolecular Hbond substituents is 1. The van der Waals surface area contributed by atoms with Crippen molar-refractivity contribution in [1.29, 1.82) is 0 Å². The summed E-state index contributed by atoms with van der Waals surface area (Å²) < 4.78 is 0. The highest BCUT2D eigenvalue weighted by Gasteiger charge is 2.21. The van der Waals surface area contributed by atoms with Gasteiger partial charge in [-0.05, 0) is 50.3 Å². The molecule has 0 saturated carbocycles. The molecule has 0 saturated heterocycles. The largest absolute Gasteiger partial charge is 0.504 e. The average Bonchev–Trinajstić information content (AvgIpc) is 2.66. The van der Waals surface area contributed by atoms with Gasteiger partial charge in [0.25, 0.3) is 0 Å². The van der Waals surface area contributed by atoms with E-state index < -0.39 is 0 Å². The van der Waals surface area contributed by atoms with Crippen LogP contribution in [0.1, 0.15) is 84.6 Å². The predicted molar refractivity (Wildman–Crippen MR) is 117 cm³/mol. The van der Waals surface area contributed by atoms with Crippen LogP contribution in [0.2, 0.25) is 0 Å². The SMILES string of the molecule is CCCCC(CC)C(=O)Nc1cc(C)cc(NC(=O)C(CC)CCCC)c1O. The summed E-state index contributed by atoms with van der Waals surface area (Å²) >= 11 is 0. The number of nitrogens with one attached hydrogen (secondary N) is 2. The lowest BCUT2D eigenvalue weighted by Crippen LogP contribution is -2.24. The summed E-state index contributed by atoms with van der Waals surface area (Å²) in [7, 11) is 0. The molecule has 0 fully saturated rings. The number of carbonyl (C=O) groups is 2. The van der Waals surface area contributed by atoms with Crippen LogP contribution in [0, 0.1) is 18.8 Å². The summed E-state index contributed by atoms with van der Waals surface area (Å²) in [6.07, 6.45) is 7.30. The number of rotatable bonds is 12.